The van der Waals surface area contributed by atoms with E-state index in [9.17, 15) is 9.59 Å². The molecule has 0 spiro atoms. The second-order valence-electron chi connectivity index (χ2n) is 9.32. The third kappa shape index (κ3) is 5.28. The lowest BCUT2D eigenvalue weighted by Crippen LogP contribution is -2.33. The minimum atomic E-state index is -0.583. The van der Waals surface area contributed by atoms with E-state index in [0.717, 1.165) is 11.1 Å². The van der Waals surface area contributed by atoms with E-state index in [1.165, 1.54) is 21.3 Å². The van der Waals surface area contributed by atoms with Gasteiger partial charge in [0, 0.05) is 12.1 Å². The summed E-state index contributed by atoms with van der Waals surface area (Å²) >= 11 is 0. The number of rotatable bonds is 8. The monoisotopic (exact) mass is 501 g/mol. The Labute approximate surface area is 209 Å². The minimum Gasteiger partial charge on any atom is -0.493 e. The van der Waals surface area contributed by atoms with Crippen LogP contribution < -0.4 is 24.3 Å². The number of esters is 1. The summed E-state index contributed by atoms with van der Waals surface area (Å²) < 4.78 is 38.4. The van der Waals surface area contributed by atoms with Crippen LogP contribution in [0.4, 0.5) is 4.79 Å². The number of carbonyl (C=O) groups excluding carboxylic acids is 2. The number of methoxy groups -OCH3 is 3. The number of fused-ring (bicyclic) bond motifs is 1. The van der Waals surface area contributed by atoms with Gasteiger partial charge in [-0.05, 0) is 56.5 Å². The van der Waals surface area contributed by atoms with Gasteiger partial charge in [0.2, 0.25) is 6.79 Å². The lowest BCUT2D eigenvalue weighted by molar-refractivity contribution is 0.0527. The molecule has 2 atom stereocenters. The van der Waals surface area contributed by atoms with Crippen molar-refractivity contribution in [2.45, 2.75) is 45.0 Å². The number of benzene rings is 2. The van der Waals surface area contributed by atoms with Crippen molar-refractivity contribution in [3.8, 4) is 23.0 Å². The van der Waals surface area contributed by atoms with Gasteiger partial charge in [-0.25, -0.2) is 9.59 Å². The third-order valence-electron chi connectivity index (χ3n) is 5.77. The van der Waals surface area contributed by atoms with Crippen LogP contribution in [0, 0.1) is 0 Å². The molecule has 10 nitrogen and oxygen atoms in total. The molecule has 0 aliphatic carbocycles. The average Bonchev–Trinajstić information content (AvgIpc) is 3.49. The SMILES string of the molecule is COC(=O)c1c([C@@H]2O[C@H]2c2cc3c(cc2CCNC(=O)OC(C)(C)C)OCO3)ccc(OC)c1OC. The van der Waals surface area contributed by atoms with Crippen LogP contribution in [0.2, 0.25) is 0 Å². The van der Waals surface area contributed by atoms with Gasteiger partial charge < -0.3 is 38.5 Å². The van der Waals surface area contributed by atoms with Crippen LogP contribution in [0.25, 0.3) is 0 Å². The normalized spacial score (nSPS) is 17.8. The first-order chi connectivity index (χ1) is 17.2. The third-order valence-corrected chi connectivity index (χ3v) is 5.77. The highest BCUT2D eigenvalue weighted by Crippen LogP contribution is 2.56. The Kier molecular flexibility index (Phi) is 7.16. The van der Waals surface area contributed by atoms with Gasteiger partial charge in [0.1, 0.15) is 23.4 Å². The fraction of sp³-hybridized carbons (Fsp3) is 0.462. The van der Waals surface area contributed by atoms with Crippen LogP contribution in [0.3, 0.4) is 0 Å². The van der Waals surface area contributed by atoms with Crippen molar-refractivity contribution < 1.29 is 42.7 Å². The van der Waals surface area contributed by atoms with E-state index in [2.05, 4.69) is 5.32 Å². The number of carbonyl (C=O) groups is 2. The van der Waals surface area contributed by atoms with Crippen LogP contribution in [-0.4, -0.2) is 52.3 Å². The number of ether oxygens (including phenoxy) is 7. The fourth-order valence-electron chi connectivity index (χ4n) is 4.17. The molecule has 0 radical (unpaired) electrons. The molecule has 0 aromatic heterocycles. The number of hydrogen-bond donors (Lipinski definition) is 1. The molecule has 2 aliphatic heterocycles. The van der Waals surface area contributed by atoms with E-state index in [0.29, 0.717) is 35.8 Å². The van der Waals surface area contributed by atoms with Crippen LogP contribution >= 0.6 is 0 Å². The molecule has 0 bridgehead atoms. The zero-order chi connectivity index (χ0) is 26.0. The Morgan fingerprint density at radius 3 is 2.33 bits per heavy atom. The van der Waals surface area contributed by atoms with Crippen molar-refractivity contribution in [1.29, 1.82) is 0 Å². The Bertz CT molecular complexity index is 1160. The van der Waals surface area contributed by atoms with Crippen molar-refractivity contribution in [1.82, 2.24) is 5.32 Å². The van der Waals surface area contributed by atoms with Crippen LogP contribution in [0.1, 0.15) is 60.0 Å². The van der Waals surface area contributed by atoms with Crippen molar-refractivity contribution in [2.75, 3.05) is 34.7 Å². The van der Waals surface area contributed by atoms with Crippen molar-refractivity contribution in [3.05, 3.63) is 46.5 Å². The minimum absolute atomic E-state index is 0.130. The Balaban J connectivity index is 1.60. The van der Waals surface area contributed by atoms with Gasteiger partial charge in [0.15, 0.2) is 23.0 Å². The molecule has 0 unspecified atom stereocenters. The van der Waals surface area contributed by atoms with Gasteiger partial charge in [-0.1, -0.05) is 6.07 Å². The van der Waals surface area contributed by atoms with E-state index < -0.39 is 23.8 Å². The smallest absolute Gasteiger partial charge is 0.407 e. The summed E-state index contributed by atoms with van der Waals surface area (Å²) in [6.45, 7) is 5.91. The maximum absolute atomic E-state index is 12.7. The van der Waals surface area contributed by atoms with Gasteiger partial charge in [-0.2, -0.15) is 0 Å². The standard InChI is InChI=1S/C26H31NO9/c1-26(2,3)36-25(29)27-10-9-14-11-18-19(34-13-33-18)12-16(14)22-21(35-22)15-7-8-17(30-4)23(31-5)20(15)24(28)32-6/h7-8,11-12,21-22H,9-10,13H2,1-6H3,(H,27,29)/t21-,22-/m0/s1. The molecule has 10 heteroatoms. The molecular weight excluding hydrogens is 470 g/mol. The first-order valence-electron chi connectivity index (χ1n) is 11.5. The zero-order valence-corrected chi connectivity index (χ0v) is 21.3. The fourth-order valence-corrected chi connectivity index (χ4v) is 4.17. The van der Waals surface area contributed by atoms with E-state index in [1.807, 2.05) is 32.9 Å². The van der Waals surface area contributed by atoms with Crippen molar-refractivity contribution in [2.24, 2.45) is 0 Å². The van der Waals surface area contributed by atoms with Crippen LogP contribution in [-0.2, 0) is 20.6 Å². The molecule has 36 heavy (non-hydrogen) atoms. The van der Waals surface area contributed by atoms with Gasteiger partial charge in [0.05, 0.1) is 21.3 Å². The van der Waals surface area contributed by atoms with Gasteiger partial charge in [0.25, 0.3) is 0 Å². The average molecular weight is 502 g/mol. The van der Waals surface area contributed by atoms with E-state index in [-0.39, 0.29) is 24.2 Å². The molecule has 0 saturated carbocycles. The molecule has 2 heterocycles. The van der Waals surface area contributed by atoms with Crippen molar-refractivity contribution in [3.63, 3.8) is 0 Å². The topological polar surface area (TPSA) is 114 Å². The first-order valence-corrected chi connectivity index (χ1v) is 11.5. The molecule has 2 aliphatic rings. The van der Waals surface area contributed by atoms with E-state index in [4.69, 9.17) is 33.2 Å². The summed E-state index contributed by atoms with van der Waals surface area (Å²) in [5.74, 6) is 1.38. The largest absolute Gasteiger partial charge is 0.493 e. The molecule has 4 rings (SSSR count). The molecule has 1 saturated heterocycles. The van der Waals surface area contributed by atoms with Gasteiger partial charge >= 0.3 is 12.1 Å². The summed E-state index contributed by atoms with van der Waals surface area (Å²) in [6, 6.07) is 7.27. The van der Waals surface area contributed by atoms with E-state index in [1.54, 1.807) is 12.1 Å². The second-order valence-corrected chi connectivity index (χ2v) is 9.32. The summed E-state index contributed by atoms with van der Waals surface area (Å²) in [5, 5.41) is 2.78. The Morgan fingerprint density at radius 1 is 1.00 bits per heavy atom. The molecule has 1 amide bonds. The highest BCUT2D eigenvalue weighted by molar-refractivity contribution is 5.95. The Hall–Kier alpha value is -3.66. The van der Waals surface area contributed by atoms with E-state index >= 15 is 0 Å². The molecule has 1 fully saturated rings. The number of hydrogen-bond acceptors (Lipinski definition) is 9. The quantitative estimate of drug-likeness (QED) is 0.422. The summed E-state index contributed by atoms with van der Waals surface area (Å²) in [6.07, 6.45) is -0.749. The highest BCUT2D eigenvalue weighted by Gasteiger charge is 2.46. The predicted octanol–water partition coefficient (Wildman–Crippen LogP) is 4.10. The van der Waals surface area contributed by atoms with Gasteiger partial charge in [-0.15, -0.1) is 0 Å². The lowest BCUT2D eigenvalue weighted by Gasteiger charge is -2.19. The molecular formula is C26H31NO9. The second kappa shape index (κ2) is 10.1. The molecule has 2 aromatic rings. The maximum Gasteiger partial charge on any atom is 0.407 e. The van der Waals surface area contributed by atoms with Gasteiger partial charge in [-0.3, -0.25) is 0 Å². The summed E-state index contributed by atoms with van der Waals surface area (Å²) in [4.78, 5) is 24.8. The maximum atomic E-state index is 12.7. The molecule has 194 valence electrons. The molecule has 1 N–H and O–H groups in total. The lowest BCUT2D eigenvalue weighted by atomic mass is 9.94. The summed E-state index contributed by atoms with van der Waals surface area (Å²) in [7, 11) is 4.27. The number of alkyl carbamates (subject to hydrolysis) is 1. The Morgan fingerprint density at radius 2 is 1.69 bits per heavy atom. The van der Waals surface area contributed by atoms with Crippen LogP contribution in [0.15, 0.2) is 24.3 Å². The number of epoxide rings is 1. The highest BCUT2D eigenvalue weighted by atomic mass is 16.7. The number of nitrogens with one attached hydrogen (secondary N) is 1. The zero-order valence-electron chi connectivity index (χ0n) is 21.3. The predicted molar refractivity (Wildman–Crippen MR) is 128 cm³/mol. The first kappa shape index (κ1) is 25.4. The summed E-state index contributed by atoms with van der Waals surface area (Å²) in [5.41, 5.74) is 2.09. The molecule has 2 aromatic carbocycles. The number of amides is 1. The van der Waals surface area contributed by atoms with Crippen LogP contribution in [0.5, 0.6) is 23.0 Å². The van der Waals surface area contributed by atoms with Crippen molar-refractivity contribution >= 4 is 12.1 Å².